The van der Waals surface area contributed by atoms with E-state index in [2.05, 4.69) is 43.5 Å². The van der Waals surface area contributed by atoms with Crippen LogP contribution in [0.4, 0.5) is 0 Å². The molecule has 2 atom stereocenters. The Labute approximate surface area is 494 Å². The van der Waals surface area contributed by atoms with Crippen LogP contribution in [0.15, 0.2) is 36.5 Å². The van der Waals surface area contributed by atoms with Crippen LogP contribution in [0.5, 0.6) is 0 Å². The first-order valence-corrected chi connectivity index (χ1v) is 35.8. The van der Waals surface area contributed by atoms with Gasteiger partial charge in [0.25, 0.3) is 0 Å². The van der Waals surface area contributed by atoms with E-state index in [4.69, 9.17) is 4.74 Å². The van der Waals surface area contributed by atoms with E-state index in [1.807, 2.05) is 6.08 Å². The van der Waals surface area contributed by atoms with Crippen molar-refractivity contribution < 1.29 is 24.5 Å². The fourth-order valence-corrected chi connectivity index (χ4v) is 11.2. The first-order chi connectivity index (χ1) is 39.0. The molecule has 0 aromatic carbocycles. The summed E-state index contributed by atoms with van der Waals surface area (Å²) in [6, 6.07) is -0.630. The van der Waals surface area contributed by atoms with Gasteiger partial charge in [0, 0.05) is 12.8 Å². The molecular weight excluding hydrogens is 971 g/mol. The van der Waals surface area contributed by atoms with Crippen LogP contribution in [0, 0.1) is 0 Å². The first kappa shape index (κ1) is 77.1. The minimum absolute atomic E-state index is 0.00662. The minimum atomic E-state index is -0.846. The summed E-state index contributed by atoms with van der Waals surface area (Å²) >= 11 is 0. The summed E-state index contributed by atoms with van der Waals surface area (Å²) in [5.41, 5.74) is 0. The summed E-state index contributed by atoms with van der Waals surface area (Å²) in [5, 5.41) is 23.3. The molecule has 0 aliphatic heterocycles. The fourth-order valence-electron chi connectivity index (χ4n) is 11.2. The van der Waals surface area contributed by atoms with Crippen molar-refractivity contribution in [3.63, 3.8) is 0 Å². The molecule has 6 nitrogen and oxygen atoms in total. The molecule has 0 saturated heterocycles. The van der Waals surface area contributed by atoms with E-state index in [1.165, 1.54) is 321 Å². The number of carbonyl (C=O) groups excluding carboxylic acids is 2. The van der Waals surface area contributed by atoms with Crippen LogP contribution < -0.4 is 5.32 Å². The molecule has 0 fully saturated rings. The van der Waals surface area contributed by atoms with Gasteiger partial charge in [-0.3, -0.25) is 9.59 Å². The van der Waals surface area contributed by atoms with Crippen LogP contribution in [0.3, 0.4) is 0 Å². The van der Waals surface area contributed by atoms with Crippen LogP contribution in [-0.4, -0.2) is 47.4 Å². The number of unbranched alkanes of at least 4 members (excludes halogenated alkanes) is 52. The number of allylic oxidation sites excluding steroid dienone is 5. The largest absolute Gasteiger partial charge is 0.466 e. The standard InChI is InChI=1S/C73H139NO5/c1-3-5-7-9-11-13-15-17-19-20-21-29-32-35-38-41-45-49-53-57-61-65-71(76)70(69-75)74-72(77)66-62-58-54-50-46-42-39-36-33-30-27-25-23-22-24-26-28-31-34-37-40-44-48-52-56-60-64-68-79-73(78)67-63-59-55-51-47-43-18-16-14-12-10-8-6-4-2/h16,18,22-23,61,65,70-71,75-76H,3-15,17,19-21,24-60,62-64,66-69H2,1-2H3,(H,74,77)/b18-16-,23-22-,65-61+. The summed E-state index contributed by atoms with van der Waals surface area (Å²) in [4.78, 5) is 24.6. The second-order valence-electron chi connectivity index (χ2n) is 24.6. The average Bonchev–Trinajstić information content (AvgIpc) is 3.45. The van der Waals surface area contributed by atoms with Crippen molar-refractivity contribution in [3.8, 4) is 0 Å². The van der Waals surface area contributed by atoms with E-state index in [1.54, 1.807) is 6.08 Å². The lowest BCUT2D eigenvalue weighted by atomic mass is 10.0. The van der Waals surface area contributed by atoms with Gasteiger partial charge in [-0.15, -0.1) is 0 Å². The van der Waals surface area contributed by atoms with Gasteiger partial charge in [0.15, 0.2) is 0 Å². The van der Waals surface area contributed by atoms with Crippen molar-refractivity contribution in [1.82, 2.24) is 5.32 Å². The third kappa shape index (κ3) is 65.1. The predicted octanol–water partition coefficient (Wildman–Crippen LogP) is 23.1. The second kappa shape index (κ2) is 68.6. The van der Waals surface area contributed by atoms with E-state index >= 15 is 0 Å². The molecule has 0 saturated carbocycles. The van der Waals surface area contributed by atoms with Crippen molar-refractivity contribution in [2.24, 2.45) is 0 Å². The summed E-state index contributed by atoms with van der Waals surface area (Å²) < 4.78 is 5.48. The minimum Gasteiger partial charge on any atom is -0.466 e. The highest BCUT2D eigenvalue weighted by molar-refractivity contribution is 5.76. The van der Waals surface area contributed by atoms with Crippen molar-refractivity contribution >= 4 is 11.9 Å². The van der Waals surface area contributed by atoms with Gasteiger partial charge >= 0.3 is 5.97 Å². The molecule has 3 N–H and O–H groups in total. The monoisotopic (exact) mass is 1110 g/mol. The van der Waals surface area contributed by atoms with Crippen LogP contribution in [0.2, 0.25) is 0 Å². The molecule has 0 aromatic rings. The Morgan fingerprint density at radius 3 is 0.899 bits per heavy atom. The number of hydrogen-bond acceptors (Lipinski definition) is 5. The maximum absolute atomic E-state index is 12.5. The van der Waals surface area contributed by atoms with Gasteiger partial charge in [-0.25, -0.2) is 0 Å². The first-order valence-electron chi connectivity index (χ1n) is 35.8. The Bertz CT molecular complexity index is 1280. The molecular formula is C73H139NO5. The molecule has 0 bridgehead atoms. The molecule has 79 heavy (non-hydrogen) atoms. The zero-order chi connectivity index (χ0) is 57.1. The van der Waals surface area contributed by atoms with E-state index in [-0.39, 0.29) is 18.5 Å². The number of aliphatic hydroxyl groups is 2. The number of aliphatic hydroxyl groups excluding tert-OH is 2. The Kier molecular flexibility index (Phi) is 66.9. The number of rotatable bonds is 67. The van der Waals surface area contributed by atoms with Gasteiger partial charge < -0.3 is 20.3 Å². The second-order valence-corrected chi connectivity index (χ2v) is 24.6. The number of nitrogens with one attached hydrogen (secondary N) is 1. The highest BCUT2D eigenvalue weighted by atomic mass is 16.5. The van der Waals surface area contributed by atoms with E-state index < -0.39 is 12.1 Å². The molecule has 1 amide bonds. The third-order valence-electron chi connectivity index (χ3n) is 16.6. The van der Waals surface area contributed by atoms with E-state index in [0.717, 1.165) is 44.9 Å². The molecule has 2 unspecified atom stereocenters. The van der Waals surface area contributed by atoms with Gasteiger partial charge in [-0.1, -0.05) is 333 Å². The lowest BCUT2D eigenvalue weighted by Gasteiger charge is -2.20. The van der Waals surface area contributed by atoms with Gasteiger partial charge in [-0.05, 0) is 83.5 Å². The lowest BCUT2D eigenvalue weighted by Crippen LogP contribution is -2.45. The Morgan fingerprint density at radius 2 is 0.595 bits per heavy atom. The molecule has 0 heterocycles. The van der Waals surface area contributed by atoms with Gasteiger partial charge in [0.05, 0.1) is 25.4 Å². The molecule has 0 rings (SSSR count). The summed E-state index contributed by atoms with van der Waals surface area (Å²) in [6.45, 7) is 4.92. The van der Waals surface area contributed by atoms with Crippen molar-refractivity contribution in [2.75, 3.05) is 13.2 Å². The topological polar surface area (TPSA) is 95.9 Å². The van der Waals surface area contributed by atoms with Crippen molar-refractivity contribution in [3.05, 3.63) is 36.5 Å². The Hall–Kier alpha value is -1.92. The molecule has 466 valence electrons. The predicted molar refractivity (Wildman–Crippen MR) is 347 cm³/mol. The lowest BCUT2D eigenvalue weighted by molar-refractivity contribution is -0.143. The molecule has 0 aliphatic rings. The van der Waals surface area contributed by atoms with Crippen LogP contribution in [0.25, 0.3) is 0 Å². The van der Waals surface area contributed by atoms with Gasteiger partial charge in [0.1, 0.15) is 0 Å². The number of hydrogen-bond donors (Lipinski definition) is 3. The molecule has 0 radical (unpaired) electrons. The zero-order valence-corrected chi connectivity index (χ0v) is 53.4. The van der Waals surface area contributed by atoms with Gasteiger partial charge in [0.2, 0.25) is 5.91 Å². The number of amides is 1. The SMILES string of the molecule is CCCCCCC/C=C\CCCCCCCC(=O)OCCCCCCCCCCCCCC/C=C\CCCCCCCCCCCCCC(=O)NC(CO)C(O)/C=C/CCCCCCCCCCCCCCCCCCCCC. The van der Waals surface area contributed by atoms with Gasteiger partial charge in [-0.2, -0.15) is 0 Å². The molecule has 0 spiro atoms. The fraction of sp³-hybridized carbons (Fsp3) is 0.890. The Morgan fingerprint density at radius 1 is 0.342 bits per heavy atom. The van der Waals surface area contributed by atoms with Crippen LogP contribution in [0.1, 0.15) is 393 Å². The molecule has 0 aliphatic carbocycles. The number of carbonyl (C=O) groups is 2. The maximum atomic E-state index is 12.5. The molecule has 6 heteroatoms. The van der Waals surface area contributed by atoms with Crippen LogP contribution in [-0.2, 0) is 14.3 Å². The highest BCUT2D eigenvalue weighted by Crippen LogP contribution is 2.18. The molecule has 0 aromatic heterocycles. The van der Waals surface area contributed by atoms with E-state index in [0.29, 0.717) is 19.4 Å². The summed E-state index contributed by atoms with van der Waals surface area (Å²) in [6.07, 6.45) is 87.9. The quantitative estimate of drug-likeness (QED) is 0.0320. The van der Waals surface area contributed by atoms with Crippen molar-refractivity contribution in [1.29, 1.82) is 0 Å². The average molecular weight is 1110 g/mol. The summed E-state index contributed by atoms with van der Waals surface area (Å²) in [5.74, 6) is -0.0586. The van der Waals surface area contributed by atoms with E-state index in [9.17, 15) is 19.8 Å². The van der Waals surface area contributed by atoms with Crippen molar-refractivity contribution in [2.45, 2.75) is 405 Å². The number of esters is 1. The smallest absolute Gasteiger partial charge is 0.305 e. The number of ether oxygens (including phenoxy) is 1. The summed E-state index contributed by atoms with van der Waals surface area (Å²) in [7, 11) is 0. The van der Waals surface area contributed by atoms with Crippen LogP contribution >= 0.6 is 0 Å². The normalized spacial score (nSPS) is 12.7. The highest BCUT2D eigenvalue weighted by Gasteiger charge is 2.18. The Balaban J connectivity index is 3.41. The maximum Gasteiger partial charge on any atom is 0.305 e. The zero-order valence-electron chi connectivity index (χ0n) is 53.4. The third-order valence-corrected chi connectivity index (χ3v) is 16.6.